The molecule has 0 N–H and O–H groups in total. The van der Waals surface area contributed by atoms with Gasteiger partial charge in [-0.1, -0.05) is 48.0 Å². The minimum atomic E-state index is 0.739. The molecule has 0 amide bonds. The van der Waals surface area contributed by atoms with Gasteiger partial charge in [0.05, 0.1) is 11.2 Å². The normalized spacial score (nSPS) is 10.8. The molecular weight excluding hydrogens is 242 g/mol. The number of para-hydroxylation sites is 1. The molecular formula is C16H12ClN. The van der Waals surface area contributed by atoms with Gasteiger partial charge in [-0.05, 0) is 30.7 Å². The average molecular weight is 254 g/mol. The van der Waals surface area contributed by atoms with Crippen LogP contribution in [0.15, 0.2) is 54.6 Å². The van der Waals surface area contributed by atoms with Crippen molar-refractivity contribution in [3.63, 3.8) is 0 Å². The lowest BCUT2D eigenvalue weighted by atomic mass is 10.0. The maximum Gasteiger partial charge on any atom is 0.0753 e. The maximum atomic E-state index is 6.24. The summed E-state index contributed by atoms with van der Waals surface area (Å²) < 4.78 is 0. The van der Waals surface area contributed by atoms with Gasteiger partial charge in [-0.15, -0.1) is 0 Å². The Balaban J connectivity index is 2.30. The molecule has 88 valence electrons. The lowest BCUT2D eigenvalue weighted by molar-refractivity contribution is 1.33. The van der Waals surface area contributed by atoms with Crippen LogP contribution < -0.4 is 0 Å². The highest BCUT2D eigenvalue weighted by atomic mass is 35.5. The van der Waals surface area contributed by atoms with Crippen LogP contribution >= 0.6 is 11.6 Å². The number of pyridine rings is 1. The van der Waals surface area contributed by atoms with E-state index in [-0.39, 0.29) is 0 Å². The van der Waals surface area contributed by atoms with Gasteiger partial charge in [0.2, 0.25) is 0 Å². The van der Waals surface area contributed by atoms with Crippen molar-refractivity contribution in [3.05, 3.63) is 65.2 Å². The average Bonchev–Trinajstić information content (AvgIpc) is 2.39. The molecule has 0 saturated heterocycles. The highest BCUT2D eigenvalue weighted by Gasteiger charge is 2.08. The van der Waals surface area contributed by atoms with Crippen LogP contribution in [0.3, 0.4) is 0 Å². The van der Waals surface area contributed by atoms with Gasteiger partial charge in [0.25, 0.3) is 0 Å². The molecule has 0 bridgehead atoms. The lowest BCUT2D eigenvalue weighted by Crippen LogP contribution is -1.90. The standard InChI is InChI=1S/C16H12ClN/c1-11-10-12-6-2-5-9-15(12)18-16(11)13-7-3-4-8-14(13)17/h2-10H,1H3. The number of aryl methyl sites for hydroxylation is 1. The topological polar surface area (TPSA) is 12.9 Å². The Morgan fingerprint density at radius 1 is 0.944 bits per heavy atom. The Labute approximate surface area is 111 Å². The summed E-state index contributed by atoms with van der Waals surface area (Å²) in [5.74, 6) is 0. The van der Waals surface area contributed by atoms with E-state index < -0.39 is 0 Å². The minimum absolute atomic E-state index is 0.739. The molecule has 0 unspecified atom stereocenters. The third-order valence-electron chi connectivity index (χ3n) is 3.04. The van der Waals surface area contributed by atoms with Gasteiger partial charge in [0.1, 0.15) is 0 Å². The predicted octanol–water partition coefficient (Wildman–Crippen LogP) is 4.86. The van der Waals surface area contributed by atoms with Gasteiger partial charge in [-0.3, -0.25) is 0 Å². The molecule has 3 rings (SSSR count). The number of hydrogen-bond donors (Lipinski definition) is 0. The summed E-state index contributed by atoms with van der Waals surface area (Å²) in [5.41, 5.74) is 4.08. The van der Waals surface area contributed by atoms with E-state index in [2.05, 4.69) is 19.1 Å². The number of fused-ring (bicyclic) bond motifs is 1. The van der Waals surface area contributed by atoms with Gasteiger partial charge in [-0.25, -0.2) is 4.98 Å². The quantitative estimate of drug-likeness (QED) is 0.603. The molecule has 0 spiro atoms. The molecule has 0 saturated carbocycles. The van der Waals surface area contributed by atoms with Gasteiger partial charge >= 0.3 is 0 Å². The van der Waals surface area contributed by atoms with Crippen molar-refractivity contribution >= 4 is 22.5 Å². The SMILES string of the molecule is Cc1cc2ccccc2nc1-c1ccccc1Cl. The van der Waals surface area contributed by atoms with Crippen LogP contribution in [-0.4, -0.2) is 4.98 Å². The fourth-order valence-corrected chi connectivity index (χ4v) is 2.37. The molecule has 0 aliphatic carbocycles. The van der Waals surface area contributed by atoms with Crippen molar-refractivity contribution in [3.8, 4) is 11.3 Å². The van der Waals surface area contributed by atoms with Crippen LogP contribution in [0, 0.1) is 6.92 Å². The Morgan fingerprint density at radius 2 is 1.67 bits per heavy atom. The number of rotatable bonds is 1. The second kappa shape index (κ2) is 4.43. The third kappa shape index (κ3) is 1.87. The molecule has 18 heavy (non-hydrogen) atoms. The summed E-state index contributed by atoms with van der Waals surface area (Å²) in [4.78, 5) is 4.72. The van der Waals surface area contributed by atoms with Crippen LogP contribution in [0.25, 0.3) is 22.2 Å². The first-order valence-electron chi connectivity index (χ1n) is 5.87. The summed E-state index contributed by atoms with van der Waals surface area (Å²) >= 11 is 6.24. The molecule has 1 nitrogen and oxygen atoms in total. The van der Waals surface area contributed by atoms with Crippen LogP contribution in [0.4, 0.5) is 0 Å². The zero-order valence-electron chi connectivity index (χ0n) is 10.0. The van der Waals surface area contributed by atoms with Crippen molar-refractivity contribution < 1.29 is 0 Å². The molecule has 1 heterocycles. The second-order valence-electron chi connectivity index (χ2n) is 4.33. The smallest absolute Gasteiger partial charge is 0.0753 e. The largest absolute Gasteiger partial charge is 0.247 e. The highest BCUT2D eigenvalue weighted by molar-refractivity contribution is 6.33. The Hall–Kier alpha value is -1.86. The van der Waals surface area contributed by atoms with Crippen LogP contribution in [0.5, 0.6) is 0 Å². The molecule has 2 heteroatoms. The number of benzene rings is 2. The highest BCUT2D eigenvalue weighted by Crippen LogP contribution is 2.30. The van der Waals surface area contributed by atoms with E-state index in [0.29, 0.717) is 0 Å². The van der Waals surface area contributed by atoms with E-state index in [1.54, 1.807) is 0 Å². The first-order valence-corrected chi connectivity index (χ1v) is 6.25. The minimum Gasteiger partial charge on any atom is -0.247 e. The second-order valence-corrected chi connectivity index (χ2v) is 4.73. The molecule has 0 aliphatic heterocycles. The van der Waals surface area contributed by atoms with Crippen molar-refractivity contribution in [2.24, 2.45) is 0 Å². The third-order valence-corrected chi connectivity index (χ3v) is 3.37. The van der Waals surface area contributed by atoms with Crippen LogP contribution in [0.1, 0.15) is 5.56 Å². The monoisotopic (exact) mass is 253 g/mol. The van der Waals surface area contributed by atoms with Gasteiger partial charge in [0.15, 0.2) is 0 Å². The maximum absolute atomic E-state index is 6.24. The van der Waals surface area contributed by atoms with Crippen molar-refractivity contribution in [1.82, 2.24) is 4.98 Å². The molecule has 0 atom stereocenters. The number of nitrogens with zero attached hydrogens (tertiary/aromatic N) is 1. The van der Waals surface area contributed by atoms with Crippen molar-refractivity contribution in [2.45, 2.75) is 6.92 Å². The lowest BCUT2D eigenvalue weighted by Gasteiger charge is -2.08. The molecule has 0 aliphatic rings. The van der Waals surface area contributed by atoms with E-state index in [9.17, 15) is 0 Å². The molecule has 1 aromatic heterocycles. The van der Waals surface area contributed by atoms with E-state index in [4.69, 9.17) is 16.6 Å². The van der Waals surface area contributed by atoms with Gasteiger partial charge < -0.3 is 0 Å². The van der Waals surface area contributed by atoms with E-state index in [0.717, 1.165) is 32.7 Å². The fourth-order valence-electron chi connectivity index (χ4n) is 2.15. The van der Waals surface area contributed by atoms with Crippen molar-refractivity contribution in [2.75, 3.05) is 0 Å². The zero-order chi connectivity index (χ0) is 12.5. The van der Waals surface area contributed by atoms with E-state index >= 15 is 0 Å². The Kier molecular flexibility index (Phi) is 2.77. The van der Waals surface area contributed by atoms with Crippen LogP contribution in [-0.2, 0) is 0 Å². The molecule has 0 fully saturated rings. The van der Waals surface area contributed by atoms with Gasteiger partial charge in [-0.2, -0.15) is 0 Å². The number of hydrogen-bond acceptors (Lipinski definition) is 1. The van der Waals surface area contributed by atoms with Crippen LogP contribution in [0.2, 0.25) is 5.02 Å². The first kappa shape index (κ1) is 11.2. The first-order chi connectivity index (χ1) is 8.75. The molecule has 3 aromatic rings. The summed E-state index contributed by atoms with van der Waals surface area (Å²) in [7, 11) is 0. The van der Waals surface area contributed by atoms with E-state index in [1.807, 2.05) is 42.5 Å². The predicted molar refractivity (Wildman–Crippen MR) is 76.9 cm³/mol. The molecule has 2 aromatic carbocycles. The number of aromatic nitrogens is 1. The summed E-state index contributed by atoms with van der Waals surface area (Å²) in [6.07, 6.45) is 0. The summed E-state index contributed by atoms with van der Waals surface area (Å²) in [6, 6.07) is 18.1. The summed E-state index contributed by atoms with van der Waals surface area (Å²) in [5, 5.41) is 1.90. The van der Waals surface area contributed by atoms with Gasteiger partial charge in [0, 0.05) is 16.0 Å². The fraction of sp³-hybridized carbons (Fsp3) is 0.0625. The van der Waals surface area contributed by atoms with Crippen molar-refractivity contribution in [1.29, 1.82) is 0 Å². The Bertz CT molecular complexity index is 719. The zero-order valence-corrected chi connectivity index (χ0v) is 10.8. The Morgan fingerprint density at radius 3 is 2.50 bits per heavy atom. The van der Waals surface area contributed by atoms with E-state index in [1.165, 1.54) is 0 Å². The summed E-state index contributed by atoms with van der Waals surface area (Å²) in [6.45, 7) is 2.07. The molecule has 0 radical (unpaired) electrons. The number of halogens is 1.